The van der Waals surface area contributed by atoms with Crippen molar-refractivity contribution < 1.29 is 47.4 Å². The summed E-state index contributed by atoms with van der Waals surface area (Å²) < 4.78 is 59.5. The van der Waals surface area contributed by atoms with E-state index >= 15 is 0 Å². The first-order chi connectivity index (χ1) is 27.8. The molecule has 4 heterocycles. The maximum atomic E-state index is 13.4. The molecule has 19 heteroatoms. The molecule has 14 atom stereocenters. The minimum absolute atomic E-state index is 0.125. The summed E-state index contributed by atoms with van der Waals surface area (Å²) in [5, 5.41) is 12.3. The lowest BCUT2D eigenvalue weighted by molar-refractivity contribution is -0.398. The van der Waals surface area contributed by atoms with Gasteiger partial charge in [0.05, 0.1) is 42.6 Å². The van der Waals surface area contributed by atoms with E-state index < -0.39 is 91.0 Å². The molecular formula is C38H51N9O10. The molecule has 5 unspecified atom stereocenters. The zero-order chi connectivity index (χ0) is 39.6. The standard InChI is InChI=1S/C38H51N9O10/c1-3-25-21(2)28(52-34(48)22-13-7-4-8-14-22)36(50-25)54-32-27(44-47-41)35(51-26-20-49-37(56-31(26)32)15-9-5-10-16-37)53-29-23(42-45-39)19-24(43-46-40)30-33(29)57-38(55-30)17-11-6-12-18-38/h4,7-8,13-14,21,23-33,35-36H,3,5-6,9-12,15-20H2,1-2H3/t21-,23?,24+,25+,26?,27?,28?,29+,30?,31+,32+,33-,35+,36-/m0/s1. The first-order valence-electron chi connectivity index (χ1n) is 20.5. The van der Waals surface area contributed by atoms with Crippen LogP contribution >= 0.6 is 0 Å². The monoisotopic (exact) mass is 793 g/mol. The summed E-state index contributed by atoms with van der Waals surface area (Å²) in [4.78, 5) is 22.8. The largest absolute Gasteiger partial charge is 0.453 e. The molecule has 308 valence electrons. The van der Waals surface area contributed by atoms with Crippen LogP contribution in [0.15, 0.2) is 45.7 Å². The van der Waals surface area contributed by atoms with Gasteiger partial charge in [-0.2, -0.15) is 0 Å². The van der Waals surface area contributed by atoms with E-state index in [1.165, 1.54) is 0 Å². The maximum Gasteiger partial charge on any atom is 0.338 e. The molecule has 0 aromatic heterocycles. The van der Waals surface area contributed by atoms with Crippen molar-refractivity contribution in [2.24, 2.45) is 21.3 Å². The Labute approximate surface area is 330 Å². The number of hydrogen-bond acceptors (Lipinski definition) is 13. The molecule has 4 aliphatic heterocycles. The van der Waals surface area contributed by atoms with Crippen LogP contribution in [0.2, 0.25) is 0 Å². The van der Waals surface area contributed by atoms with E-state index in [9.17, 15) is 21.4 Å². The molecular weight excluding hydrogens is 742 g/mol. The summed E-state index contributed by atoms with van der Waals surface area (Å²) in [6.07, 6.45) is 0.604. The summed E-state index contributed by atoms with van der Waals surface area (Å²) in [5.41, 5.74) is 29.7. The molecule has 57 heavy (non-hydrogen) atoms. The van der Waals surface area contributed by atoms with E-state index in [1.807, 2.05) is 19.9 Å². The van der Waals surface area contributed by atoms with Gasteiger partial charge >= 0.3 is 5.97 Å². The maximum absolute atomic E-state index is 13.4. The van der Waals surface area contributed by atoms with Gasteiger partial charge in [0.2, 0.25) is 0 Å². The van der Waals surface area contributed by atoms with Gasteiger partial charge in [0.25, 0.3) is 0 Å². The van der Waals surface area contributed by atoms with E-state index in [4.69, 9.17) is 42.6 Å². The Hall–Kier alpha value is -3.70. The third kappa shape index (κ3) is 8.04. The Morgan fingerprint density at radius 3 is 2.07 bits per heavy atom. The van der Waals surface area contributed by atoms with Gasteiger partial charge in [-0.15, -0.1) is 0 Å². The van der Waals surface area contributed by atoms with Crippen molar-refractivity contribution in [3.05, 3.63) is 67.2 Å². The SMILES string of the molecule is CC[C@H]1O[C@@H](O[C@@H]2C(N=[N+]=[N-])[C@@H](O[C@@H]3C(N=[N+]=[N-])C[C@@H](N=[N+]=[N-])C4OC5(CCCCC5)O[C@H]43)OC3COC4(CCCCC4)O[C@H]32)C(OC(=O)c2ccccc2)[C@H]1C. The van der Waals surface area contributed by atoms with E-state index in [0.29, 0.717) is 37.7 Å². The lowest BCUT2D eigenvalue weighted by Crippen LogP contribution is -2.68. The topological polar surface area (TPSA) is 246 Å². The summed E-state index contributed by atoms with van der Waals surface area (Å²) in [6, 6.07) is 5.99. The van der Waals surface area contributed by atoms with Crippen LogP contribution in [0.25, 0.3) is 31.3 Å². The van der Waals surface area contributed by atoms with Crippen LogP contribution < -0.4 is 0 Å². The molecule has 19 nitrogen and oxygen atoms in total. The minimum Gasteiger partial charge on any atom is -0.453 e. The van der Waals surface area contributed by atoms with Gasteiger partial charge < -0.3 is 42.6 Å². The van der Waals surface area contributed by atoms with Crippen LogP contribution in [0.3, 0.4) is 0 Å². The number of rotatable bonds is 10. The Balaban J connectivity index is 1.13. The molecule has 0 N–H and O–H groups in total. The third-order valence-corrected chi connectivity index (χ3v) is 12.8. The second kappa shape index (κ2) is 17.3. The fourth-order valence-corrected chi connectivity index (χ4v) is 9.93. The molecule has 4 saturated heterocycles. The Bertz CT molecular complexity index is 1730. The average Bonchev–Trinajstić information content (AvgIpc) is 3.74. The van der Waals surface area contributed by atoms with Crippen LogP contribution in [0.4, 0.5) is 0 Å². The highest BCUT2D eigenvalue weighted by molar-refractivity contribution is 5.89. The van der Waals surface area contributed by atoms with E-state index in [0.717, 1.165) is 38.5 Å². The normalized spacial score (nSPS) is 40.5. The molecule has 0 amide bonds. The molecule has 2 spiro atoms. The predicted molar refractivity (Wildman–Crippen MR) is 198 cm³/mol. The highest BCUT2D eigenvalue weighted by Crippen LogP contribution is 2.49. The van der Waals surface area contributed by atoms with Crippen LogP contribution in [0, 0.1) is 5.92 Å². The number of hydrogen-bond donors (Lipinski definition) is 0. The number of benzene rings is 1. The van der Waals surface area contributed by atoms with Gasteiger partial charge in [0.1, 0.15) is 30.5 Å². The number of fused-ring (bicyclic) bond motifs is 2. The quantitative estimate of drug-likeness (QED) is 0.0980. The van der Waals surface area contributed by atoms with E-state index in [2.05, 4.69) is 30.1 Å². The fourth-order valence-electron chi connectivity index (χ4n) is 9.93. The lowest BCUT2D eigenvalue weighted by atomic mass is 9.84. The number of carbonyl (C=O) groups excluding carboxylic acids is 1. The Kier molecular flexibility index (Phi) is 12.1. The van der Waals surface area contributed by atoms with Crippen molar-refractivity contribution >= 4 is 5.97 Å². The summed E-state index contributed by atoms with van der Waals surface area (Å²) in [7, 11) is 0. The molecule has 1 aromatic carbocycles. The van der Waals surface area contributed by atoms with Gasteiger partial charge in [-0.25, -0.2) is 4.79 Å². The van der Waals surface area contributed by atoms with Crippen molar-refractivity contribution in [3.8, 4) is 0 Å². The van der Waals surface area contributed by atoms with Crippen molar-refractivity contribution in [3.63, 3.8) is 0 Å². The number of carbonyl (C=O) groups is 1. The number of nitrogens with zero attached hydrogens (tertiary/aromatic N) is 9. The molecule has 7 fully saturated rings. The van der Waals surface area contributed by atoms with Crippen LogP contribution in [-0.4, -0.2) is 104 Å². The zero-order valence-electron chi connectivity index (χ0n) is 32.3. The van der Waals surface area contributed by atoms with Crippen LogP contribution in [-0.2, 0) is 42.6 Å². The third-order valence-electron chi connectivity index (χ3n) is 12.8. The number of esters is 1. The highest BCUT2D eigenvalue weighted by atomic mass is 16.8. The second-order valence-electron chi connectivity index (χ2n) is 16.3. The first kappa shape index (κ1) is 40.1. The van der Waals surface area contributed by atoms with Crippen LogP contribution in [0.1, 0.15) is 101 Å². The van der Waals surface area contributed by atoms with Crippen molar-refractivity contribution in [1.82, 2.24) is 0 Å². The van der Waals surface area contributed by atoms with E-state index in [-0.39, 0.29) is 25.0 Å². The summed E-state index contributed by atoms with van der Waals surface area (Å²) >= 11 is 0. The second-order valence-corrected chi connectivity index (χ2v) is 16.3. The van der Waals surface area contributed by atoms with Crippen LogP contribution in [0.5, 0.6) is 0 Å². The van der Waals surface area contributed by atoms with Crippen molar-refractivity contribution in [1.29, 1.82) is 0 Å². The van der Waals surface area contributed by atoms with Gasteiger partial charge in [-0.1, -0.05) is 60.2 Å². The van der Waals surface area contributed by atoms with Crippen molar-refractivity contribution in [2.75, 3.05) is 6.61 Å². The number of azide groups is 3. The van der Waals surface area contributed by atoms with E-state index in [1.54, 1.807) is 24.3 Å². The molecule has 7 aliphatic rings. The molecule has 3 saturated carbocycles. The van der Waals surface area contributed by atoms with Crippen molar-refractivity contribution in [2.45, 2.75) is 182 Å². The summed E-state index contributed by atoms with van der Waals surface area (Å²) in [6.45, 7) is 4.08. The fraction of sp³-hybridized carbons (Fsp3) is 0.816. The van der Waals surface area contributed by atoms with Gasteiger partial charge in [0.15, 0.2) is 30.3 Å². The highest BCUT2D eigenvalue weighted by Gasteiger charge is 2.61. The number of ether oxygens (including phenoxy) is 9. The van der Waals surface area contributed by atoms with Gasteiger partial charge in [-0.05, 0) is 67.3 Å². The van der Waals surface area contributed by atoms with Gasteiger partial charge in [-0.3, -0.25) is 0 Å². The molecule has 0 radical (unpaired) electrons. The first-order valence-corrected chi connectivity index (χ1v) is 20.5. The molecule has 1 aromatic rings. The summed E-state index contributed by atoms with van der Waals surface area (Å²) in [5.74, 6) is -2.55. The smallest absolute Gasteiger partial charge is 0.338 e. The molecule has 3 aliphatic carbocycles. The predicted octanol–water partition coefficient (Wildman–Crippen LogP) is 7.44. The lowest BCUT2D eigenvalue weighted by Gasteiger charge is -2.53. The van der Waals surface area contributed by atoms with Gasteiger partial charge in [0, 0.05) is 46.3 Å². The average molecular weight is 794 g/mol. The zero-order valence-corrected chi connectivity index (χ0v) is 32.3. The Morgan fingerprint density at radius 2 is 1.39 bits per heavy atom. The molecule has 0 bridgehead atoms. The minimum atomic E-state index is -1.28. The molecule has 8 rings (SSSR count). The Morgan fingerprint density at radius 1 is 0.754 bits per heavy atom.